The number of carbonyl (C=O) groups is 1. The van der Waals surface area contributed by atoms with Crippen LogP contribution in [0.25, 0.3) is 0 Å². The van der Waals surface area contributed by atoms with Crippen molar-refractivity contribution >= 4 is 18.3 Å². The minimum absolute atomic E-state index is 0. The predicted molar refractivity (Wildman–Crippen MR) is 99.4 cm³/mol. The zero-order valence-corrected chi connectivity index (χ0v) is 15.8. The van der Waals surface area contributed by atoms with Crippen molar-refractivity contribution in [1.29, 1.82) is 0 Å². The molecule has 28 heavy (non-hydrogen) atoms. The maximum absolute atomic E-state index is 13.5. The molecule has 11 heteroatoms. The lowest BCUT2D eigenvalue weighted by molar-refractivity contribution is -0.183. The summed E-state index contributed by atoms with van der Waals surface area (Å²) in [5.74, 6) is -0.532. The van der Waals surface area contributed by atoms with Crippen molar-refractivity contribution in [3.05, 3.63) is 48.0 Å². The topological polar surface area (TPSA) is 75.1 Å². The molecule has 1 amide bonds. The highest BCUT2D eigenvalue weighted by molar-refractivity contribution is 5.95. The van der Waals surface area contributed by atoms with Crippen molar-refractivity contribution in [3.63, 3.8) is 0 Å². The first-order chi connectivity index (χ1) is 12.9. The van der Waals surface area contributed by atoms with Crippen molar-refractivity contribution in [2.24, 2.45) is 0 Å². The van der Waals surface area contributed by atoms with Gasteiger partial charge in [0.05, 0.1) is 6.54 Å². The number of halogens is 4. The summed E-state index contributed by atoms with van der Waals surface area (Å²) in [4.78, 5) is 17.8. The molecule has 3 rings (SSSR count). The van der Waals surface area contributed by atoms with Gasteiger partial charge in [-0.3, -0.25) is 9.69 Å². The van der Waals surface area contributed by atoms with Gasteiger partial charge >= 0.3 is 6.18 Å². The van der Waals surface area contributed by atoms with Crippen LogP contribution < -0.4 is 10.6 Å². The number of hydrogen-bond acceptors (Lipinski definition) is 5. The Bertz CT molecular complexity index is 750. The molecule has 7 nitrogen and oxygen atoms in total. The van der Waals surface area contributed by atoms with Crippen molar-refractivity contribution in [2.75, 3.05) is 32.7 Å². The molecule has 1 atom stereocenters. The highest BCUT2D eigenvalue weighted by Gasteiger charge is 2.43. The molecule has 1 saturated heterocycles. The lowest BCUT2D eigenvalue weighted by Crippen LogP contribution is -2.57. The Morgan fingerprint density at radius 3 is 2.61 bits per heavy atom. The van der Waals surface area contributed by atoms with Crippen LogP contribution in [0.4, 0.5) is 13.2 Å². The third-order valence-electron chi connectivity index (χ3n) is 4.49. The fourth-order valence-electron chi connectivity index (χ4n) is 3.10. The highest BCUT2D eigenvalue weighted by Crippen LogP contribution is 2.25. The molecule has 1 unspecified atom stereocenters. The number of alkyl halides is 3. The van der Waals surface area contributed by atoms with E-state index < -0.39 is 24.7 Å². The second-order valence-electron chi connectivity index (χ2n) is 6.30. The molecule has 154 valence electrons. The monoisotopic (exact) mass is 418 g/mol. The molecule has 2 aromatic rings. The van der Waals surface area contributed by atoms with Crippen LogP contribution in [0.5, 0.6) is 0 Å². The summed E-state index contributed by atoms with van der Waals surface area (Å²) in [6, 6.07) is 5.08. The Labute approximate surface area is 166 Å². The number of nitrogens with one attached hydrogen (secondary N) is 2. The molecule has 1 fully saturated rings. The molecule has 2 N–H and O–H groups in total. The number of aromatic nitrogens is 3. The van der Waals surface area contributed by atoms with Gasteiger partial charge in [-0.15, -0.1) is 12.4 Å². The number of amides is 1. The first-order valence-electron chi connectivity index (χ1n) is 8.65. The normalized spacial score (nSPS) is 16.2. The van der Waals surface area contributed by atoms with E-state index in [-0.39, 0.29) is 12.4 Å². The maximum atomic E-state index is 13.5. The van der Waals surface area contributed by atoms with E-state index in [0.29, 0.717) is 43.9 Å². The smallest absolute Gasteiger partial charge is 0.350 e. The molecule has 1 aromatic heterocycles. The zero-order chi connectivity index (χ0) is 19.3. The summed E-state index contributed by atoms with van der Waals surface area (Å²) in [5.41, 5.74) is 0.987. The lowest BCUT2D eigenvalue weighted by atomic mass is 10.1. The van der Waals surface area contributed by atoms with Gasteiger partial charge in [0.2, 0.25) is 0 Å². The van der Waals surface area contributed by atoms with Crippen molar-refractivity contribution in [3.8, 4) is 0 Å². The van der Waals surface area contributed by atoms with Gasteiger partial charge in [0.25, 0.3) is 5.91 Å². The molecule has 0 bridgehead atoms. The van der Waals surface area contributed by atoms with E-state index in [0.717, 1.165) is 0 Å². The van der Waals surface area contributed by atoms with E-state index in [9.17, 15) is 18.0 Å². The van der Waals surface area contributed by atoms with Gasteiger partial charge in [0.1, 0.15) is 18.7 Å². The van der Waals surface area contributed by atoms with Crippen LogP contribution in [-0.2, 0) is 6.54 Å². The second kappa shape index (κ2) is 9.85. The number of nitrogens with zero attached hydrogens (tertiary/aromatic N) is 4. The van der Waals surface area contributed by atoms with E-state index >= 15 is 0 Å². The molecule has 1 aliphatic rings. The Kier molecular flexibility index (Phi) is 7.78. The summed E-state index contributed by atoms with van der Waals surface area (Å²) >= 11 is 0. The van der Waals surface area contributed by atoms with Crippen LogP contribution in [0, 0.1) is 0 Å². The van der Waals surface area contributed by atoms with Crippen LogP contribution >= 0.6 is 12.4 Å². The molecule has 0 saturated carbocycles. The molecule has 0 radical (unpaired) electrons. The third-order valence-corrected chi connectivity index (χ3v) is 4.49. The largest absolute Gasteiger partial charge is 0.405 e. The number of hydrogen-bond donors (Lipinski definition) is 2. The second-order valence-corrected chi connectivity index (χ2v) is 6.30. The van der Waals surface area contributed by atoms with Gasteiger partial charge in [-0.25, -0.2) is 9.67 Å². The molecule has 1 aliphatic heterocycles. The Morgan fingerprint density at radius 2 is 1.96 bits per heavy atom. The SMILES string of the molecule is Cl.O=C(NCC(N1CCNCC1)C(F)(F)F)c1ccccc1Cn1cncn1. The van der Waals surface area contributed by atoms with Crippen molar-refractivity contribution in [1.82, 2.24) is 30.3 Å². The van der Waals surface area contributed by atoms with Gasteiger partial charge in [-0.2, -0.15) is 18.3 Å². The lowest BCUT2D eigenvalue weighted by Gasteiger charge is -2.36. The van der Waals surface area contributed by atoms with Crippen LogP contribution in [0.1, 0.15) is 15.9 Å². The van der Waals surface area contributed by atoms with Crippen molar-refractivity contribution < 1.29 is 18.0 Å². The molecule has 0 aliphatic carbocycles. The first-order valence-corrected chi connectivity index (χ1v) is 8.65. The summed E-state index contributed by atoms with van der Waals surface area (Å²) in [6.45, 7) is 1.42. The van der Waals surface area contributed by atoms with Crippen LogP contribution in [0.3, 0.4) is 0 Å². The highest BCUT2D eigenvalue weighted by atomic mass is 35.5. The van der Waals surface area contributed by atoms with Gasteiger partial charge in [-0.1, -0.05) is 18.2 Å². The van der Waals surface area contributed by atoms with Crippen LogP contribution in [-0.4, -0.2) is 70.5 Å². The average molecular weight is 419 g/mol. The van der Waals surface area contributed by atoms with E-state index in [2.05, 4.69) is 20.7 Å². The zero-order valence-electron chi connectivity index (χ0n) is 15.0. The van der Waals surface area contributed by atoms with E-state index in [1.807, 2.05) is 0 Å². The van der Waals surface area contributed by atoms with E-state index in [4.69, 9.17) is 0 Å². The third kappa shape index (κ3) is 5.66. The molecular weight excluding hydrogens is 397 g/mol. The quantitative estimate of drug-likeness (QED) is 0.740. The fourth-order valence-corrected chi connectivity index (χ4v) is 3.10. The number of carbonyl (C=O) groups excluding carboxylic acids is 1. The maximum Gasteiger partial charge on any atom is 0.405 e. The summed E-state index contributed by atoms with van der Waals surface area (Å²) in [5, 5.41) is 9.48. The molecule has 1 aromatic carbocycles. The van der Waals surface area contributed by atoms with Crippen LogP contribution in [0.15, 0.2) is 36.9 Å². The molecule has 0 spiro atoms. The molecular formula is C17H22ClF3N6O. The number of rotatable bonds is 6. The molecule has 2 heterocycles. The van der Waals surface area contributed by atoms with E-state index in [1.165, 1.54) is 17.6 Å². The average Bonchev–Trinajstić information content (AvgIpc) is 3.15. The minimum atomic E-state index is -4.41. The predicted octanol–water partition coefficient (Wildman–Crippen LogP) is 1.31. The number of piperazine rings is 1. The Hall–Kier alpha value is -2.17. The van der Waals surface area contributed by atoms with Crippen molar-refractivity contribution in [2.45, 2.75) is 18.8 Å². The van der Waals surface area contributed by atoms with Gasteiger partial charge < -0.3 is 10.6 Å². The summed E-state index contributed by atoms with van der Waals surface area (Å²) in [7, 11) is 0. The van der Waals surface area contributed by atoms with Gasteiger partial charge in [0, 0.05) is 38.3 Å². The van der Waals surface area contributed by atoms with Gasteiger partial charge in [0.15, 0.2) is 0 Å². The van der Waals surface area contributed by atoms with E-state index in [1.54, 1.807) is 28.9 Å². The summed E-state index contributed by atoms with van der Waals surface area (Å²) < 4.78 is 41.9. The minimum Gasteiger partial charge on any atom is -0.350 e. The summed E-state index contributed by atoms with van der Waals surface area (Å²) in [6.07, 6.45) is -1.52. The Balaban J connectivity index is 0.00000280. The number of benzene rings is 1. The van der Waals surface area contributed by atoms with Gasteiger partial charge in [-0.05, 0) is 11.6 Å². The first kappa shape index (κ1) is 22.1. The standard InChI is InChI=1S/C17H21F3N6O.ClH/c18-17(19,20)15(25-7-5-21-6-8-25)9-23-16(27)14-4-2-1-3-13(14)10-26-12-22-11-24-26;/h1-4,11-12,15,21H,5-10H2,(H,23,27);1H. The van der Waals surface area contributed by atoms with Crippen LogP contribution in [0.2, 0.25) is 0 Å². The Morgan fingerprint density at radius 1 is 1.25 bits per heavy atom. The fraction of sp³-hybridized carbons (Fsp3) is 0.471.